The number of amides is 3. The quantitative estimate of drug-likeness (QED) is 0.455. The van der Waals surface area contributed by atoms with Crippen LogP contribution in [0.15, 0.2) is 24.3 Å². The van der Waals surface area contributed by atoms with Crippen LogP contribution in [-0.4, -0.2) is 48.3 Å². The van der Waals surface area contributed by atoms with E-state index in [4.69, 9.17) is 4.74 Å². The van der Waals surface area contributed by atoms with Crippen molar-refractivity contribution in [3.8, 4) is 0 Å². The second kappa shape index (κ2) is 7.53. The molecule has 0 spiro atoms. The number of carbonyl (C=O) groups excluding carboxylic acids is 4. The van der Waals surface area contributed by atoms with Crippen LogP contribution in [0.25, 0.3) is 0 Å². The van der Waals surface area contributed by atoms with Crippen LogP contribution in [0.2, 0.25) is 0 Å². The number of imide groups is 1. The van der Waals surface area contributed by atoms with E-state index in [9.17, 15) is 19.2 Å². The minimum Gasteiger partial charge on any atom is -0.454 e. The van der Waals surface area contributed by atoms with Crippen molar-refractivity contribution in [3.63, 3.8) is 0 Å². The first-order valence-corrected chi connectivity index (χ1v) is 7.42. The fraction of sp³-hybridized carbons (Fsp3) is 0.375. The van der Waals surface area contributed by atoms with E-state index < -0.39 is 36.8 Å². The van der Waals surface area contributed by atoms with Gasteiger partial charge in [0, 0.05) is 6.54 Å². The molecule has 1 aliphatic rings. The number of hydrogen-bond donors (Lipinski definition) is 1. The fourth-order valence-corrected chi connectivity index (χ4v) is 2.16. The van der Waals surface area contributed by atoms with Gasteiger partial charge in [-0.15, -0.1) is 0 Å². The van der Waals surface area contributed by atoms with Gasteiger partial charge >= 0.3 is 5.97 Å². The van der Waals surface area contributed by atoms with Crippen LogP contribution >= 0.6 is 0 Å². The van der Waals surface area contributed by atoms with Crippen LogP contribution in [0.4, 0.5) is 0 Å². The molecule has 0 atom stereocenters. The summed E-state index contributed by atoms with van der Waals surface area (Å²) in [4.78, 5) is 48.1. The number of esters is 1. The summed E-state index contributed by atoms with van der Waals surface area (Å²) in [6, 6.07) is 6.35. The van der Waals surface area contributed by atoms with Gasteiger partial charge in [-0.1, -0.05) is 25.5 Å². The molecule has 1 N–H and O–H groups in total. The molecule has 1 aliphatic heterocycles. The van der Waals surface area contributed by atoms with Crippen LogP contribution in [0.3, 0.4) is 0 Å². The molecular formula is C16H18N2O5. The second-order valence-electron chi connectivity index (χ2n) is 5.11. The molecule has 1 aromatic rings. The lowest BCUT2D eigenvalue weighted by atomic mass is 10.1. The number of ether oxygens (including phenoxy) is 1. The van der Waals surface area contributed by atoms with Crippen molar-refractivity contribution < 1.29 is 23.9 Å². The van der Waals surface area contributed by atoms with Crippen LogP contribution in [0, 0.1) is 0 Å². The van der Waals surface area contributed by atoms with E-state index in [0.717, 1.165) is 17.7 Å². The predicted octanol–water partition coefficient (Wildman–Crippen LogP) is 0.742. The number of rotatable bonds is 7. The zero-order valence-electron chi connectivity index (χ0n) is 12.8. The predicted molar refractivity (Wildman–Crippen MR) is 80.7 cm³/mol. The fourth-order valence-electron chi connectivity index (χ4n) is 2.16. The lowest BCUT2D eigenvalue weighted by Crippen LogP contribution is -2.37. The van der Waals surface area contributed by atoms with Crippen LogP contribution in [0.1, 0.15) is 40.5 Å². The number of fused-ring (bicyclic) bond motifs is 1. The van der Waals surface area contributed by atoms with Gasteiger partial charge in [0.1, 0.15) is 6.54 Å². The molecule has 7 nitrogen and oxygen atoms in total. The SMILES string of the molecule is CCCCNC(=O)COC(=O)CN1C(=O)c2ccccc2C1=O. The Balaban J connectivity index is 1.84. The van der Waals surface area contributed by atoms with E-state index in [1.54, 1.807) is 12.1 Å². The smallest absolute Gasteiger partial charge is 0.326 e. The summed E-state index contributed by atoms with van der Waals surface area (Å²) in [5.41, 5.74) is 0.533. The Kier molecular flexibility index (Phi) is 5.46. The first kappa shape index (κ1) is 16.7. The Labute approximate surface area is 133 Å². The molecule has 1 aromatic carbocycles. The maximum atomic E-state index is 12.1. The number of carbonyl (C=O) groups is 4. The van der Waals surface area contributed by atoms with E-state index >= 15 is 0 Å². The minimum absolute atomic E-state index is 0.266. The van der Waals surface area contributed by atoms with Crippen molar-refractivity contribution >= 4 is 23.7 Å². The summed E-state index contributed by atoms with van der Waals surface area (Å²) < 4.78 is 4.79. The molecule has 0 saturated heterocycles. The molecule has 2 rings (SSSR count). The minimum atomic E-state index is -0.801. The van der Waals surface area contributed by atoms with Crippen molar-refractivity contribution in [1.29, 1.82) is 0 Å². The lowest BCUT2D eigenvalue weighted by Gasteiger charge is -2.13. The topological polar surface area (TPSA) is 92.8 Å². The molecule has 0 radical (unpaired) electrons. The zero-order valence-corrected chi connectivity index (χ0v) is 12.8. The highest BCUT2D eigenvalue weighted by molar-refractivity contribution is 6.22. The third kappa shape index (κ3) is 3.94. The maximum absolute atomic E-state index is 12.1. The monoisotopic (exact) mass is 318 g/mol. The van der Waals surface area contributed by atoms with Gasteiger partial charge in [0.25, 0.3) is 17.7 Å². The van der Waals surface area contributed by atoms with Crippen molar-refractivity contribution in [2.45, 2.75) is 19.8 Å². The van der Waals surface area contributed by atoms with Crippen LogP contribution in [-0.2, 0) is 14.3 Å². The molecule has 0 fully saturated rings. The average Bonchev–Trinajstić information content (AvgIpc) is 2.79. The summed E-state index contributed by atoms with van der Waals surface area (Å²) in [6.07, 6.45) is 1.79. The van der Waals surface area contributed by atoms with E-state index in [0.29, 0.717) is 6.54 Å². The van der Waals surface area contributed by atoms with Crippen molar-refractivity contribution in [2.75, 3.05) is 19.7 Å². The molecule has 7 heteroatoms. The van der Waals surface area contributed by atoms with Crippen LogP contribution < -0.4 is 5.32 Å². The summed E-state index contributed by atoms with van der Waals surface area (Å²) in [5.74, 6) is -2.27. The van der Waals surface area contributed by atoms with E-state index in [2.05, 4.69) is 5.32 Å². The van der Waals surface area contributed by atoms with Gasteiger partial charge in [-0.25, -0.2) is 0 Å². The van der Waals surface area contributed by atoms with E-state index in [1.165, 1.54) is 12.1 Å². The largest absolute Gasteiger partial charge is 0.454 e. The Bertz CT molecular complexity index is 606. The molecular weight excluding hydrogens is 300 g/mol. The summed E-state index contributed by atoms with van der Waals surface area (Å²) >= 11 is 0. The van der Waals surface area contributed by atoms with E-state index in [1.807, 2.05) is 6.92 Å². The van der Waals surface area contributed by atoms with Crippen molar-refractivity contribution in [3.05, 3.63) is 35.4 Å². The van der Waals surface area contributed by atoms with Gasteiger partial charge in [-0.3, -0.25) is 24.1 Å². The lowest BCUT2D eigenvalue weighted by molar-refractivity contribution is -0.148. The molecule has 0 aliphatic carbocycles. The van der Waals surface area contributed by atoms with Gasteiger partial charge in [0.05, 0.1) is 11.1 Å². The number of hydrogen-bond acceptors (Lipinski definition) is 5. The highest BCUT2D eigenvalue weighted by Gasteiger charge is 2.36. The number of nitrogens with zero attached hydrogens (tertiary/aromatic N) is 1. The third-order valence-electron chi connectivity index (χ3n) is 3.38. The average molecular weight is 318 g/mol. The van der Waals surface area contributed by atoms with Gasteiger partial charge in [-0.2, -0.15) is 0 Å². The van der Waals surface area contributed by atoms with Crippen LogP contribution in [0.5, 0.6) is 0 Å². The summed E-state index contributed by atoms with van der Waals surface area (Å²) in [5, 5.41) is 2.60. The highest BCUT2D eigenvalue weighted by Crippen LogP contribution is 2.21. The molecule has 0 saturated carbocycles. The Morgan fingerprint density at radius 1 is 1.13 bits per heavy atom. The first-order chi connectivity index (χ1) is 11.0. The Morgan fingerprint density at radius 3 is 2.30 bits per heavy atom. The molecule has 23 heavy (non-hydrogen) atoms. The van der Waals surface area contributed by atoms with Gasteiger partial charge in [0.2, 0.25) is 0 Å². The number of benzene rings is 1. The molecule has 0 bridgehead atoms. The van der Waals surface area contributed by atoms with E-state index in [-0.39, 0.29) is 11.1 Å². The maximum Gasteiger partial charge on any atom is 0.326 e. The normalized spacial score (nSPS) is 13.0. The molecule has 1 heterocycles. The van der Waals surface area contributed by atoms with Gasteiger partial charge in [0.15, 0.2) is 6.61 Å². The molecule has 3 amide bonds. The molecule has 122 valence electrons. The summed E-state index contributed by atoms with van der Waals surface area (Å²) in [6.45, 7) is 1.58. The highest BCUT2D eigenvalue weighted by atomic mass is 16.5. The van der Waals surface area contributed by atoms with Gasteiger partial charge in [-0.05, 0) is 18.6 Å². The number of unbranched alkanes of at least 4 members (excludes halogenated alkanes) is 1. The van der Waals surface area contributed by atoms with Gasteiger partial charge < -0.3 is 10.1 Å². The molecule has 0 unspecified atom stereocenters. The third-order valence-corrected chi connectivity index (χ3v) is 3.38. The second-order valence-corrected chi connectivity index (χ2v) is 5.11. The van der Waals surface area contributed by atoms with Crippen molar-refractivity contribution in [1.82, 2.24) is 10.2 Å². The number of nitrogens with one attached hydrogen (secondary N) is 1. The zero-order chi connectivity index (χ0) is 16.8. The summed E-state index contributed by atoms with van der Waals surface area (Å²) in [7, 11) is 0. The standard InChI is InChI=1S/C16H18N2O5/c1-2-3-8-17-13(19)10-23-14(20)9-18-15(21)11-6-4-5-7-12(11)16(18)22/h4-7H,2-3,8-10H2,1H3,(H,17,19). The Morgan fingerprint density at radius 2 is 1.74 bits per heavy atom. The Hall–Kier alpha value is -2.70. The first-order valence-electron chi connectivity index (χ1n) is 7.42. The van der Waals surface area contributed by atoms with Crippen molar-refractivity contribution in [2.24, 2.45) is 0 Å². The molecule has 0 aromatic heterocycles.